The van der Waals surface area contributed by atoms with Crippen molar-refractivity contribution in [2.75, 3.05) is 32.8 Å². The van der Waals surface area contributed by atoms with Gasteiger partial charge >= 0.3 is 12.4 Å². The molecule has 0 N–H and O–H groups in total. The van der Waals surface area contributed by atoms with Gasteiger partial charge in [-0.3, -0.25) is 9.59 Å². The normalized spacial score (nSPS) is 25.9. The Morgan fingerprint density at radius 1 is 0.976 bits per heavy atom. The van der Waals surface area contributed by atoms with Crippen LogP contribution < -0.4 is 0 Å². The number of hydrogen-bond donors (Lipinski definition) is 0. The van der Waals surface area contributed by atoms with Crippen LogP contribution in [-0.4, -0.2) is 66.6 Å². The SMILES string of the molecule is C[C@@H](O[C@H]1CN2C(=O)CC(C(=O)N3CCOCC3)C[C@H]2C1c1ccc(F)cc1)c1cc(C(F)(F)F)cc(C(F)(F)F)c1. The first-order valence-corrected chi connectivity index (χ1v) is 13.6. The summed E-state index contributed by atoms with van der Waals surface area (Å²) in [6.07, 6.45) is -11.9. The van der Waals surface area contributed by atoms with Gasteiger partial charge in [0.05, 0.1) is 36.5 Å². The predicted octanol–water partition coefficient (Wildman–Crippen LogP) is 5.57. The first kappa shape index (κ1) is 30.3. The quantitative estimate of drug-likeness (QED) is 0.420. The van der Waals surface area contributed by atoms with Crippen molar-refractivity contribution in [2.24, 2.45) is 5.92 Å². The molecule has 2 amide bonds. The highest BCUT2D eigenvalue weighted by molar-refractivity contribution is 5.87. The molecule has 5 atom stereocenters. The molecule has 3 saturated heterocycles. The van der Waals surface area contributed by atoms with Crippen molar-refractivity contribution >= 4 is 11.8 Å². The van der Waals surface area contributed by atoms with Crippen LogP contribution in [0, 0.1) is 11.7 Å². The molecular weight excluding hydrogens is 573 g/mol. The average Bonchev–Trinajstić information content (AvgIpc) is 3.30. The van der Waals surface area contributed by atoms with Crippen molar-refractivity contribution in [3.8, 4) is 0 Å². The number of amides is 2. The summed E-state index contributed by atoms with van der Waals surface area (Å²) in [6, 6.07) is 6.22. The zero-order valence-corrected chi connectivity index (χ0v) is 22.6. The van der Waals surface area contributed by atoms with Crippen molar-refractivity contribution in [1.82, 2.24) is 9.80 Å². The van der Waals surface area contributed by atoms with Gasteiger partial charge in [0, 0.05) is 43.9 Å². The summed E-state index contributed by atoms with van der Waals surface area (Å²) in [5.74, 6) is -2.21. The lowest BCUT2D eigenvalue weighted by Crippen LogP contribution is -2.50. The molecule has 13 heteroatoms. The minimum absolute atomic E-state index is 0.0133. The van der Waals surface area contributed by atoms with E-state index in [0.717, 1.165) is 0 Å². The van der Waals surface area contributed by atoms with Crippen molar-refractivity contribution in [1.29, 1.82) is 0 Å². The van der Waals surface area contributed by atoms with E-state index in [1.165, 1.54) is 31.2 Å². The molecule has 3 aliphatic rings. The Labute approximate surface area is 237 Å². The highest BCUT2D eigenvalue weighted by Crippen LogP contribution is 2.45. The van der Waals surface area contributed by atoms with E-state index < -0.39 is 59.4 Å². The van der Waals surface area contributed by atoms with Gasteiger partial charge in [-0.2, -0.15) is 26.3 Å². The maximum atomic E-state index is 13.8. The lowest BCUT2D eigenvalue weighted by molar-refractivity contribution is -0.149. The molecule has 3 fully saturated rings. The maximum Gasteiger partial charge on any atom is 0.416 e. The van der Waals surface area contributed by atoms with Gasteiger partial charge in [-0.05, 0) is 54.8 Å². The van der Waals surface area contributed by atoms with Gasteiger partial charge in [0.15, 0.2) is 0 Å². The Kier molecular flexibility index (Phi) is 8.27. The van der Waals surface area contributed by atoms with E-state index in [4.69, 9.17) is 9.47 Å². The summed E-state index contributed by atoms with van der Waals surface area (Å²) >= 11 is 0. The lowest BCUT2D eigenvalue weighted by Gasteiger charge is -2.38. The molecule has 0 bridgehead atoms. The summed E-state index contributed by atoms with van der Waals surface area (Å²) < 4.78 is 106. The fourth-order valence-corrected chi connectivity index (χ4v) is 6.18. The van der Waals surface area contributed by atoms with Gasteiger partial charge in [0.1, 0.15) is 5.82 Å². The summed E-state index contributed by atoms with van der Waals surface area (Å²) in [5.41, 5.74) is -2.66. The molecule has 0 spiro atoms. The summed E-state index contributed by atoms with van der Waals surface area (Å²) in [6.45, 7) is 2.94. The molecule has 2 aromatic rings. The number of fused-ring (bicyclic) bond motifs is 1. The first-order valence-electron chi connectivity index (χ1n) is 13.6. The molecule has 2 unspecified atom stereocenters. The van der Waals surface area contributed by atoms with E-state index in [1.807, 2.05) is 0 Å². The monoisotopic (exact) mass is 602 g/mol. The lowest BCUT2D eigenvalue weighted by atomic mass is 9.81. The second-order valence-corrected chi connectivity index (χ2v) is 10.9. The van der Waals surface area contributed by atoms with Crippen molar-refractivity contribution in [2.45, 2.75) is 56.3 Å². The van der Waals surface area contributed by atoms with E-state index in [0.29, 0.717) is 44.0 Å². The van der Waals surface area contributed by atoms with Gasteiger partial charge in [-0.1, -0.05) is 12.1 Å². The smallest absolute Gasteiger partial charge is 0.378 e. The van der Waals surface area contributed by atoms with E-state index in [1.54, 1.807) is 9.80 Å². The summed E-state index contributed by atoms with van der Waals surface area (Å²) in [4.78, 5) is 29.8. The summed E-state index contributed by atoms with van der Waals surface area (Å²) in [7, 11) is 0. The molecular formula is C29H29F7N2O4. The van der Waals surface area contributed by atoms with Gasteiger partial charge in [-0.15, -0.1) is 0 Å². The van der Waals surface area contributed by atoms with Crippen LogP contribution in [0.1, 0.15) is 54.0 Å². The number of rotatable bonds is 5. The molecule has 0 aromatic heterocycles. The molecule has 3 aliphatic heterocycles. The third kappa shape index (κ3) is 6.26. The fraction of sp³-hybridized carbons (Fsp3) is 0.517. The highest BCUT2D eigenvalue weighted by Gasteiger charge is 2.51. The highest BCUT2D eigenvalue weighted by atomic mass is 19.4. The van der Waals surface area contributed by atoms with Crippen LogP contribution in [0.2, 0.25) is 0 Å². The molecule has 6 nitrogen and oxygen atoms in total. The molecule has 2 aromatic carbocycles. The second kappa shape index (κ2) is 11.5. The number of ether oxygens (including phenoxy) is 2. The zero-order chi connectivity index (χ0) is 30.4. The second-order valence-electron chi connectivity index (χ2n) is 10.9. The number of carbonyl (C=O) groups is 2. The molecule has 0 radical (unpaired) electrons. The van der Waals surface area contributed by atoms with Gasteiger partial charge in [-0.25, -0.2) is 4.39 Å². The van der Waals surface area contributed by atoms with Gasteiger partial charge in [0.25, 0.3) is 0 Å². The maximum absolute atomic E-state index is 13.8. The zero-order valence-electron chi connectivity index (χ0n) is 22.6. The van der Waals surface area contributed by atoms with Crippen LogP contribution in [0.15, 0.2) is 42.5 Å². The Bertz CT molecular complexity index is 1280. The minimum Gasteiger partial charge on any atom is -0.378 e. The number of halogens is 7. The molecule has 0 aliphatic carbocycles. The van der Waals surface area contributed by atoms with Crippen molar-refractivity contribution in [3.63, 3.8) is 0 Å². The Hall–Kier alpha value is -3.19. The number of hydrogen-bond acceptors (Lipinski definition) is 4. The summed E-state index contributed by atoms with van der Waals surface area (Å²) in [5, 5.41) is 0. The Morgan fingerprint density at radius 2 is 1.57 bits per heavy atom. The molecule has 3 heterocycles. The average molecular weight is 603 g/mol. The molecule has 228 valence electrons. The standard InChI is InChI=1S/C29H29F7N2O4/c1-16(18-10-20(28(31,32)33)14-21(11-18)29(34,35)36)42-24-15-38-23(26(24)17-2-4-22(30)5-3-17)12-19(13-25(38)39)27(40)37-6-8-41-9-7-37/h2-5,10-11,14,16,19,23-24,26H,6-9,12-13,15H2,1H3/t16-,19?,23+,24+,26?/m1/s1. The van der Waals surface area contributed by atoms with Crippen molar-refractivity contribution < 1.29 is 49.8 Å². The van der Waals surface area contributed by atoms with E-state index >= 15 is 0 Å². The van der Waals surface area contributed by atoms with E-state index in [-0.39, 0.29) is 42.8 Å². The number of nitrogens with zero attached hydrogens (tertiary/aromatic N) is 2. The first-order chi connectivity index (χ1) is 19.7. The molecule has 42 heavy (non-hydrogen) atoms. The van der Waals surface area contributed by atoms with Crippen LogP contribution >= 0.6 is 0 Å². The molecule has 0 saturated carbocycles. The number of alkyl halides is 6. The van der Waals surface area contributed by atoms with Gasteiger partial charge < -0.3 is 19.3 Å². The number of benzene rings is 2. The molecule has 5 rings (SSSR count). The van der Waals surface area contributed by atoms with Crippen LogP contribution in [0.4, 0.5) is 30.7 Å². The minimum atomic E-state index is -5.02. The Balaban J connectivity index is 1.45. The number of piperidine rings is 1. The van der Waals surface area contributed by atoms with E-state index in [2.05, 4.69) is 0 Å². The van der Waals surface area contributed by atoms with E-state index in [9.17, 15) is 40.3 Å². The van der Waals surface area contributed by atoms with Gasteiger partial charge in [0.2, 0.25) is 11.8 Å². The largest absolute Gasteiger partial charge is 0.416 e. The third-order valence-corrected chi connectivity index (χ3v) is 8.24. The Morgan fingerprint density at radius 3 is 2.14 bits per heavy atom. The van der Waals surface area contributed by atoms with Crippen LogP contribution in [0.3, 0.4) is 0 Å². The third-order valence-electron chi connectivity index (χ3n) is 8.24. The van der Waals surface area contributed by atoms with Crippen LogP contribution in [0.5, 0.6) is 0 Å². The number of morpholine rings is 1. The van der Waals surface area contributed by atoms with Crippen LogP contribution in [-0.2, 0) is 31.4 Å². The fourth-order valence-electron chi connectivity index (χ4n) is 6.18. The number of carbonyl (C=O) groups excluding carboxylic acids is 2. The van der Waals surface area contributed by atoms with Crippen molar-refractivity contribution in [3.05, 3.63) is 70.5 Å². The van der Waals surface area contributed by atoms with Crippen LogP contribution in [0.25, 0.3) is 0 Å². The predicted molar refractivity (Wildman–Crippen MR) is 134 cm³/mol. The topological polar surface area (TPSA) is 59.1 Å².